The second-order valence-electron chi connectivity index (χ2n) is 8.39. The summed E-state index contributed by atoms with van der Waals surface area (Å²) in [6.07, 6.45) is 0.137. The van der Waals surface area contributed by atoms with Gasteiger partial charge in [0.15, 0.2) is 0 Å². The number of aromatic nitrogens is 3. The van der Waals surface area contributed by atoms with Gasteiger partial charge in [-0.3, -0.25) is 0 Å². The van der Waals surface area contributed by atoms with Crippen LogP contribution in [0.3, 0.4) is 0 Å². The summed E-state index contributed by atoms with van der Waals surface area (Å²) in [5, 5.41) is 0.898. The van der Waals surface area contributed by atoms with E-state index in [4.69, 9.17) is 18.9 Å². The molecule has 0 saturated carbocycles. The van der Waals surface area contributed by atoms with E-state index in [1.807, 2.05) is 65.2 Å². The molecule has 0 bridgehead atoms. The molecule has 0 radical (unpaired) electrons. The lowest BCUT2D eigenvalue weighted by Crippen LogP contribution is -2.14. The zero-order chi connectivity index (χ0) is 25.8. The molecule has 3 aromatic carbocycles. The highest BCUT2D eigenvalue weighted by Gasteiger charge is 2.24. The normalized spacial score (nSPS) is 11.1. The average molecular weight is 518 g/mol. The Morgan fingerprint density at radius 3 is 2.49 bits per heavy atom. The van der Waals surface area contributed by atoms with Gasteiger partial charge in [-0.15, -0.1) is 0 Å². The van der Waals surface area contributed by atoms with Crippen LogP contribution in [-0.2, 0) is 11.3 Å². The van der Waals surface area contributed by atoms with Crippen LogP contribution >= 0.6 is 11.7 Å². The number of hydrogen-bond donors (Lipinski definition) is 0. The van der Waals surface area contributed by atoms with Gasteiger partial charge in [-0.2, -0.15) is 8.75 Å². The summed E-state index contributed by atoms with van der Waals surface area (Å²) >= 11 is 1.18. The Hall–Kier alpha value is -4.11. The molecule has 0 spiro atoms. The van der Waals surface area contributed by atoms with Crippen LogP contribution in [0.5, 0.6) is 17.4 Å². The Bertz CT molecular complexity index is 1540. The van der Waals surface area contributed by atoms with Crippen LogP contribution in [-0.4, -0.2) is 39.8 Å². The predicted octanol–water partition coefficient (Wildman–Crippen LogP) is 6.69. The van der Waals surface area contributed by atoms with Gasteiger partial charge in [0.1, 0.15) is 22.5 Å². The first-order chi connectivity index (χ1) is 18.1. The van der Waals surface area contributed by atoms with Crippen molar-refractivity contribution in [1.29, 1.82) is 0 Å². The second kappa shape index (κ2) is 10.9. The summed E-state index contributed by atoms with van der Waals surface area (Å²) in [6.45, 7) is 5.08. The minimum atomic E-state index is -0.761. The average Bonchev–Trinajstić information content (AvgIpc) is 3.50. The fraction of sp³-hybridized carbons (Fsp3) is 0.250. The lowest BCUT2D eigenvalue weighted by molar-refractivity contribution is 0.101. The molecule has 0 atom stereocenters. The molecule has 5 aromatic rings. The molecule has 190 valence electrons. The fourth-order valence-electron chi connectivity index (χ4n) is 4.25. The Labute approximate surface area is 218 Å². The van der Waals surface area contributed by atoms with Gasteiger partial charge in [0.05, 0.1) is 49.7 Å². The number of fused-ring (bicyclic) bond motifs is 2. The number of carbonyl (C=O) groups is 1. The summed E-state index contributed by atoms with van der Waals surface area (Å²) in [7, 11) is 1.63. The Kier molecular flexibility index (Phi) is 7.23. The monoisotopic (exact) mass is 517 g/mol. The van der Waals surface area contributed by atoms with E-state index in [0.29, 0.717) is 19.0 Å². The molecule has 2 heterocycles. The summed E-state index contributed by atoms with van der Waals surface area (Å²) in [5.74, 6) is 1.87. The zero-order valence-electron chi connectivity index (χ0n) is 20.9. The highest BCUT2D eigenvalue weighted by atomic mass is 32.1. The number of methoxy groups -OCH3 is 1. The van der Waals surface area contributed by atoms with Crippen LogP contribution in [0, 0.1) is 0 Å². The van der Waals surface area contributed by atoms with Crippen molar-refractivity contribution < 1.29 is 23.7 Å². The van der Waals surface area contributed by atoms with E-state index < -0.39 is 6.16 Å². The van der Waals surface area contributed by atoms with E-state index in [-0.39, 0.29) is 6.61 Å². The van der Waals surface area contributed by atoms with Gasteiger partial charge in [0.25, 0.3) is 0 Å². The van der Waals surface area contributed by atoms with Gasteiger partial charge in [-0.1, -0.05) is 25.1 Å². The Balaban J connectivity index is 1.71. The molecule has 0 fully saturated rings. The zero-order valence-corrected chi connectivity index (χ0v) is 21.7. The van der Waals surface area contributed by atoms with Crippen molar-refractivity contribution in [2.24, 2.45) is 0 Å². The lowest BCUT2D eigenvalue weighted by Gasteiger charge is -2.13. The minimum absolute atomic E-state index is 0.208. The van der Waals surface area contributed by atoms with Gasteiger partial charge in [-0.05, 0) is 66.9 Å². The van der Waals surface area contributed by atoms with E-state index in [0.717, 1.165) is 56.5 Å². The van der Waals surface area contributed by atoms with Crippen LogP contribution < -0.4 is 14.2 Å². The third-order valence-corrected chi connectivity index (χ3v) is 6.50. The van der Waals surface area contributed by atoms with Crippen molar-refractivity contribution in [3.63, 3.8) is 0 Å². The van der Waals surface area contributed by atoms with E-state index in [1.165, 1.54) is 11.7 Å². The standard InChI is InChI=1S/C28H27N3O5S/c1-4-14-35-21-11-13-25-22(16-21)26(19-7-9-20(33-3)10-8-19)27(36-28(32)34-5-2)31(25)17-18-6-12-23-24(15-18)30-37-29-23/h6-13,15-16H,4-5,14,17H2,1-3H3. The molecule has 2 aromatic heterocycles. The SMILES string of the molecule is CCCOc1ccc2c(c1)c(-c1ccc(OC)cc1)c(OC(=O)OCC)n2Cc1ccc2nsnc2c1. The molecule has 0 saturated heterocycles. The van der Waals surface area contributed by atoms with Gasteiger partial charge in [0.2, 0.25) is 5.88 Å². The summed E-state index contributed by atoms with van der Waals surface area (Å²) in [6, 6.07) is 19.5. The number of carbonyl (C=O) groups excluding carboxylic acids is 1. The smallest absolute Gasteiger partial charge is 0.497 e. The van der Waals surface area contributed by atoms with Crippen LogP contribution in [0.25, 0.3) is 33.1 Å². The Morgan fingerprint density at radius 2 is 1.73 bits per heavy atom. The molecule has 0 aliphatic heterocycles. The maximum Gasteiger partial charge on any atom is 0.515 e. The number of nitrogens with zero attached hydrogens (tertiary/aromatic N) is 3. The lowest BCUT2D eigenvalue weighted by atomic mass is 10.0. The van der Waals surface area contributed by atoms with E-state index in [2.05, 4.69) is 15.7 Å². The molecule has 37 heavy (non-hydrogen) atoms. The summed E-state index contributed by atoms with van der Waals surface area (Å²) in [4.78, 5) is 12.6. The van der Waals surface area contributed by atoms with Gasteiger partial charge >= 0.3 is 6.16 Å². The van der Waals surface area contributed by atoms with Gasteiger partial charge in [0, 0.05) is 5.39 Å². The number of benzene rings is 3. The van der Waals surface area contributed by atoms with Crippen molar-refractivity contribution in [1.82, 2.24) is 13.3 Å². The topological polar surface area (TPSA) is 84.7 Å². The van der Waals surface area contributed by atoms with Gasteiger partial charge < -0.3 is 23.5 Å². The molecule has 0 amide bonds. The first-order valence-corrected chi connectivity index (χ1v) is 12.8. The maximum atomic E-state index is 12.6. The quantitative estimate of drug-likeness (QED) is 0.201. The van der Waals surface area contributed by atoms with E-state index >= 15 is 0 Å². The molecular weight excluding hydrogens is 490 g/mol. The van der Waals surface area contributed by atoms with Crippen LogP contribution in [0.15, 0.2) is 60.7 Å². The largest absolute Gasteiger partial charge is 0.515 e. The predicted molar refractivity (Wildman–Crippen MR) is 144 cm³/mol. The van der Waals surface area contributed by atoms with E-state index in [1.54, 1.807) is 14.0 Å². The number of ether oxygens (including phenoxy) is 4. The first kappa shape index (κ1) is 24.6. The Morgan fingerprint density at radius 1 is 0.946 bits per heavy atom. The third kappa shape index (κ3) is 5.08. The summed E-state index contributed by atoms with van der Waals surface area (Å²) < 4.78 is 33.0. The van der Waals surface area contributed by atoms with Crippen LogP contribution in [0.2, 0.25) is 0 Å². The molecule has 0 aliphatic rings. The van der Waals surface area contributed by atoms with Crippen molar-refractivity contribution in [2.45, 2.75) is 26.8 Å². The van der Waals surface area contributed by atoms with Crippen molar-refractivity contribution in [3.8, 4) is 28.5 Å². The minimum Gasteiger partial charge on any atom is -0.497 e. The van der Waals surface area contributed by atoms with Crippen molar-refractivity contribution in [3.05, 3.63) is 66.2 Å². The van der Waals surface area contributed by atoms with E-state index in [9.17, 15) is 4.79 Å². The molecular formula is C28H27N3O5S. The molecule has 0 N–H and O–H groups in total. The molecule has 0 unspecified atom stereocenters. The third-order valence-electron chi connectivity index (χ3n) is 5.94. The highest BCUT2D eigenvalue weighted by Crippen LogP contribution is 2.43. The first-order valence-electron chi connectivity index (χ1n) is 12.1. The highest BCUT2D eigenvalue weighted by molar-refractivity contribution is 7.00. The molecule has 0 aliphatic carbocycles. The fourth-order valence-corrected chi connectivity index (χ4v) is 4.77. The van der Waals surface area contributed by atoms with Crippen molar-refractivity contribution >= 4 is 39.8 Å². The number of rotatable bonds is 9. The van der Waals surface area contributed by atoms with Gasteiger partial charge in [-0.25, -0.2) is 4.79 Å². The molecule has 5 rings (SSSR count). The van der Waals surface area contributed by atoms with Crippen molar-refractivity contribution in [2.75, 3.05) is 20.3 Å². The van der Waals surface area contributed by atoms with Crippen LogP contribution in [0.4, 0.5) is 4.79 Å². The maximum absolute atomic E-state index is 12.6. The second-order valence-corrected chi connectivity index (χ2v) is 8.92. The van der Waals surface area contributed by atoms with Crippen LogP contribution in [0.1, 0.15) is 25.8 Å². The molecule has 8 nitrogen and oxygen atoms in total. The number of hydrogen-bond acceptors (Lipinski definition) is 8. The molecule has 9 heteroatoms. The summed E-state index contributed by atoms with van der Waals surface area (Å²) in [5.41, 5.74) is 5.21.